The summed E-state index contributed by atoms with van der Waals surface area (Å²) < 4.78 is 2.86. The summed E-state index contributed by atoms with van der Waals surface area (Å²) in [6.45, 7) is 0.470. The first-order chi connectivity index (χ1) is 9.28. The zero-order valence-corrected chi connectivity index (χ0v) is 11.8. The minimum Gasteiger partial charge on any atom is -0.326 e. The second-order valence-corrected chi connectivity index (χ2v) is 5.16. The molecular weight excluding hydrogens is 304 g/mol. The molecule has 0 spiro atoms. The van der Waals surface area contributed by atoms with Crippen molar-refractivity contribution in [1.29, 1.82) is 0 Å². The molecular formula is C14H13BrN4. The van der Waals surface area contributed by atoms with Crippen molar-refractivity contribution in [3.63, 3.8) is 0 Å². The predicted molar refractivity (Wildman–Crippen MR) is 77.8 cm³/mol. The zero-order valence-electron chi connectivity index (χ0n) is 10.3. The molecule has 0 aliphatic carbocycles. The molecule has 96 valence electrons. The van der Waals surface area contributed by atoms with E-state index in [4.69, 9.17) is 5.73 Å². The first-order valence-electron chi connectivity index (χ1n) is 6.04. The Kier molecular flexibility index (Phi) is 3.31. The molecule has 0 unspecified atom stereocenters. The molecule has 1 aromatic carbocycles. The van der Waals surface area contributed by atoms with E-state index < -0.39 is 0 Å². The Bertz CT molecular complexity index is 720. The minimum absolute atomic E-state index is 0.470. The van der Waals surface area contributed by atoms with Crippen LogP contribution in [0.25, 0.3) is 5.65 Å². The van der Waals surface area contributed by atoms with Gasteiger partial charge in [-0.05, 0) is 17.7 Å². The summed E-state index contributed by atoms with van der Waals surface area (Å²) in [6.07, 6.45) is 2.60. The van der Waals surface area contributed by atoms with Crippen molar-refractivity contribution in [3.8, 4) is 0 Å². The highest BCUT2D eigenvalue weighted by Crippen LogP contribution is 2.19. The Labute approximate surface area is 119 Å². The van der Waals surface area contributed by atoms with Gasteiger partial charge in [0.2, 0.25) is 0 Å². The van der Waals surface area contributed by atoms with Crippen molar-refractivity contribution in [2.24, 2.45) is 5.73 Å². The molecule has 0 saturated carbocycles. The number of halogens is 1. The van der Waals surface area contributed by atoms with Gasteiger partial charge in [-0.3, -0.25) is 0 Å². The Morgan fingerprint density at radius 2 is 1.89 bits per heavy atom. The zero-order chi connectivity index (χ0) is 13.2. The lowest BCUT2D eigenvalue weighted by atomic mass is 10.1. The van der Waals surface area contributed by atoms with Crippen LogP contribution in [0.15, 0.2) is 47.1 Å². The van der Waals surface area contributed by atoms with E-state index in [0.29, 0.717) is 13.0 Å². The minimum atomic E-state index is 0.470. The lowest BCUT2D eigenvalue weighted by Crippen LogP contribution is -1.99. The topological polar surface area (TPSA) is 56.2 Å². The number of aromatic nitrogens is 3. The number of rotatable bonds is 3. The summed E-state index contributed by atoms with van der Waals surface area (Å²) in [4.78, 5) is 4.57. The highest BCUT2D eigenvalue weighted by Gasteiger charge is 2.09. The molecule has 0 amide bonds. The average molecular weight is 317 g/mol. The third-order valence-electron chi connectivity index (χ3n) is 3.01. The molecule has 3 rings (SSSR count). The second kappa shape index (κ2) is 5.11. The van der Waals surface area contributed by atoms with Crippen LogP contribution in [0.1, 0.15) is 17.0 Å². The molecule has 0 aliphatic rings. The fourth-order valence-electron chi connectivity index (χ4n) is 2.05. The van der Waals surface area contributed by atoms with Gasteiger partial charge in [-0.1, -0.05) is 40.2 Å². The first-order valence-corrected chi connectivity index (χ1v) is 6.84. The molecule has 0 saturated heterocycles. The van der Waals surface area contributed by atoms with Crippen LogP contribution >= 0.6 is 15.9 Å². The number of fused-ring (bicyclic) bond motifs is 1. The van der Waals surface area contributed by atoms with E-state index in [1.54, 1.807) is 4.52 Å². The molecule has 3 aromatic rings. The molecule has 0 fully saturated rings. The van der Waals surface area contributed by atoms with Crippen molar-refractivity contribution in [2.75, 3.05) is 0 Å². The maximum absolute atomic E-state index is 5.71. The number of benzene rings is 1. The molecule has 5 heteroatoms. The lowest BCUT2D eigenvalue weighted by Gasteiger charge is -1.99. The van der Waals surface area contributed by atoms with Crippen molar-refractivity contribution in [2.45, 2.75) is 13.0 Å². The number of nitrogens with two attached hydrogens (primary N) is 1. The van der Waals surface area contributed by atoms with Crippen LogP contribution in [0.3, 0.4) is 0 Å². The van der Waals surface area contributed by atoms with Crippen molar-refractivity contribution in [3.05, 3.63) is 64.0 Å². The van der Waals surface area contributed by atoms with Gasteiger partial charge in [-0.2, -0.15) is 5.10 Å². The van der Waals surface area contributed by atoms with Gasteiger partial charge in [0, 0.05) is 29.2 Å². The molecule has 2 heterocycles. The van der Waals surface area contributed by atoms with E-state index in [0.717, 1.165) is 21.5 Å². The van der Waals surface area contributed by atoms with Gasteiger partial charge in [-0.25, -0.2) is 9.50 Å². The van der Waals surface area contributed by atoms with Gasteiger partial charge in [0.1, 0.15) is 0 Å². The molecule has 4 nitrogen and oxygen atoms in total. The van der Waals surface area contributed by atoms with Gasteiger partial charge in [0.15, 0.2) is 11.5 Å². The van der Waals surface area contributed by atoms with Crippen LogP contribution in [0.5, 0.6) is 0 Å². The first kappa shape index (κ1) is 12.3. The number of nitrogens with zero attached hydrogens (tertiary/aromatic N) is 3. The summed E-state index contributed by atoms with van der Waals surface area (Å²) >= 11 is 3.54. The SMILES string of the molecule is NCc1cccn2nc(Cc3ccccc3Br)nc12. The normalized spacial score (nSPS) is 11.1. The quantitative estimate of drug-likeness (QED) is 0.808. The summed E-state index contributed by atoms with van der Waals surface area (Å²) in [5.74, 6) is 0.799. The van der Waals surface area contributed by atoms with E-state index in [1.807, 2.05) is 36.5 Å². The van der Waals surface area contributed by atoms with Crippen LogP contribution in [0.2, 0.25) is 0 Å². The van der Waals surface area contributed by atoms with Gasteiger partial charge in [-0.15, -0.1) is 0 Å². The van der Waals surface area contributed by atoms with Crippen molar-refractivity contribution in [1.82, 2.24) is 14.6 Å². The molecule has 0 bridgehead atoms. The van der Waals surface area contributed by atoms with Crippen LogP contribution in [0, 0.1) is 0 Å². The Balaban J connectivity index is 2.00. The summed E-state index contributed by atoms with van der Waals surface area (Å²) in [7, 11) is 0. The van der Waals surface area contributed by atoms with Gasteiger partial charge in [0.05, 0.1) is 0 Å². The molecule has 2 N–H and O–H groups in total. The third-order valence-corrected chi connectivity index (χ3v) is 3.79. The Morgan fingerprint density at radius 3 is 2.68 bits per heavy atom. The molecule has 2 aromatic heterocycles. The maximum Gasteiger partial charge on any atom is 0.160 e. The molecule has 0 aliphatic heterocycles. The van der Waals surface area contributed by atoms with E-state index in [9.17, 15) is 0 Å². The predicted octanol–water partition coefficient (Wildman–Crippen LogP) is 2.54. The highest BCUT2D eigenvalue weighted by molar-refractivity contribution is 9.10. The van der Waals surface area contributed by atoms with Crippen LogP contribution in [0.4, 0.5) is 0 Å². The van der Waals surface area contributed by atoms with Crippen LogP contribution < -0.4 is 5.73 Å². The highest BCUT2D eigenvalue weighted by atomic mass is 79.9. The number of pyridine rings is 1. The Morgan fingerprint density at radius 1 is 1.11 bits per heavy atom. The summed E-state index contributed by atoms with van der Waals surface area (Å²) in [5, 5.41) is 4.49. The lowest BCUT2D eigenvalue weighted by molar-refractivity contribution is 0.893. The third kappa shape index (κ3) is 2.39. The standard InChI is InChI=1S/C14H13BrN4/c15-12-6-2-1-4-10(12)8-13-17-14-11(9-16)5-3-7-19(14)18-13/h1-7H,8-9,16H2. The monoisotopic (exact) mass is 316 g/mol. The molecule has 0 radical (unpaired) electrons. The molecule has 0 atom stereocenters. The van der Waals surface area contributed by atoms with Crippen molar-refractivity contribution < 1.29 is 0 Å². The maximum atomic E-state index is 5.71. The van der Waals surface area contributed by atoms with E-state index in [1.165, 1.54) is 5.56 Å². The largest absolute Gasteiger partial charge is 0.326 e. The van der Waals surface area contributed by atoms with Crippen LogP contribution in [-0.4, -0.2) is 14.6 Å². The van der Waals surface area contributed by atoms with Gasteiger partial charge < -0.3 is 5.73 Å². The Hall–Kier alpha value is -1.72. The van der Waals surface area contributed by atoms with Crippen LogP contribution in [-0.2, 0) is 13.0 Å². The number of hydrogen-bond acceptors (Lipinski definition) is 3. The van der Waals surface area contributed by atoms with Gasteiger partial charge >= 0.3 is 0 Å². The van der Waals surface area contributed by atoms with Gasteiger partial charge in [0.25, 0.3) is 0 Å². The summed E-state index contributed by atoms with van der Waals surface area (Å²) in [5.41, 5.74) is 8.73. The smallest absolute Gasteiger partial charge is 0.160 e. The van der Waals surface area contributed by atoms with E-state index >= 15 is 0 Å². The van der Waals surface area contributed by atoms with Crippen molar-refractivity contribution >= 4 is 21.6 Å². The number of hydrogen-bond donors (Lipinski definition) is 1. The molecule has 19 heavy (non-hydrogen) atoms. The second-order valence-electron chi connectivity index (χ2n) is 4.30. The summed E-state index contributed by atoms with van der Waals surface area (Å²) in [6, 6.07) is 12.0. The fourth-order valence-corrected chi connectivity index (χ4v) is 2.48. The van der Waals surface area contributed by atoms with E-state index in [-0.39, 0.29) is 0 Å². The van der Waals surface area contributed by atoms with E-state index in [2.05, 4.69) is 32.1 Å². The average Bonchev–Trinajstić information content (AvgIpc) is 2.83. The fraction of sp³-hybridized carbons (Fsp3) is 0.143.